The van der Waals surface area contributed by atoms with Gasteiger partial charge in [-0.1, -0.05) is 24.3 Å². The molecule has 1 unspecified atom stereocenters. The molecule has 164 valence electrons. The summed E-state index contributed by atoms with van der Waals surface area (Å²) >= 11 is 1.76. The summed E-state index contributed by atoms with van der Waals surface area (Å²) in [5, 5.41) is 16.2. The predicted octanol–water partition coefficient (Wildman–Crippen LogP) is 1.36. The number of aliphatic hydroxyl groups excluding tert-OH is 1. The zero-order chi connectivity index (χ0) is 20.4. The molecule has 1 saturated heterocycles. The summed E-state index contributed by atoms with van der Waals surface area (Å²) in [4.78, 5) is 20.4. The van der Waals surface area contributed by atoms with Gasteiger partial charge in [-0.25, -0.2) is 4.99 Å². The molecule has 2 rings (SSSR count). The highest BCUT2D eigenvalue weighted by Gasteiger charge is 2.20. The molecular weight excluding hydrogens is 501 g/mol. The summed E-state index contributed by atoms with van der Waals surface area (Å²) in [6.07, 6.45) is 2.69. The molecule has 0 radical (unpaired) electrons. The van der Waals surface area contributed by atoms with Crippen LogP contribution in [0.25, 0.3) is 0 Å². The third-order valence-corrected chi connectivity index (χ3v) is 5.28. The van der Waals surface area contributed by atoms with Crippen LogP contribution < -0.4 is 10.6 Å². The van der Waals surface area contributed by atoms with E-state index in [9.17, 15) is 9.90 Å². The van der Waals surface area contributed by atoms with Gasteiger partial charge in [0.1, 0.15) is 0 Å². The molecule has 1 fully saturated rings. The van der Waals surface area contributed by atoms with Gasteiger partial charge in [-0.2, -0.15) is 11.8 Å². The quantitative estimate of drug-likeness (QED) is 0.192. The number of halogens is 1. The van der Waals surface area contributed by atoms with Crippen molar-refractivity contribution < 1.29 is 9.90 Å². The highest BCUT2D eigenvalue weighted by atomic mass is 127. The van der Waals surface area contributed by atoms with Gasteiger partial charge in [0.05, 0.1) is 19.2 Å². The Morgan fingerprint density at radius 2 is 2.03 bits per heavy atom. The van der Waals surface area contributed by atoms with Crippen molar-refractivity contribution in [3.05, 3.63) is 35.4 Å². The number of thioether (sulfide) groups is 1. The van der Waals surface area contributed by atoms with Crippen LogP contribution in [0, 0.1) is 0 Å². The molecule has 1 amide bonds. The fourth-order valence-electron chi connectivity index (χ4n) is 2.99. The fraction of sp³-hybridized carbons (Fsp3) is 0.600. The average Bonchev–Trinajstić information content (AvgIpc) is 3.09. The normalized spacial score (nSPS) is 17.0. The topological polar surface area (TPSA) is 80.2 Å². The highest BCUT2D eigenvalue weighted by Crippen LogP contribution is 2.17. The molecule has 7 nitrogen and oxygen atoms in total. The third-order valence-electron chi connectivity index (χ3n) is 4.67. The molecule has 0 aliphatic carbocycles. The number of hydrogen-bond donors (Lipinski definition) is 3. The van der Waals surface area contributed by atoms with E-state index < -0.39 is 0 Å². The minimum Gasteiger partial charge on any atom is -0.392 e. The van der Waals surface area contributed by atoms with Crippen LogP contribution in [-0.2, 0) is 17.9 Å². The van der Waals surface area contributed by atoms with Crippen LogP contribution in [0.2, 0.25) is 0 Å². The number of carbonyl (C=O) groups excluding carboxylic acids is 1. The number of aliphatic imine (C=N–C) groups is 1. The Morgan fingerprint density at radius 1 is 1.31 bits per heavy atom. The van der Waals surface area contributed by atoms with Crippen molar-refractivity contribution in [3.8, 4) is 0 Å². The third kappa shape index (κ3) is 9.54. The molecule has 1 aromatic carbocycles. The number of rotatable bonds is 9. The van der Waals surface area contributed by atoms with Crippen LogP contribution in [0.1, 0.15) is 17.5 Å². The number of nitrogens with one attached hydrogen (secondary N) is 2. The lowest BCUT2D eigenvalue weighted by atomic mass is 10.1. The van der Waals surface area contributed by atoms with E-state index in [2.05, 4.69) is 33.9 Å². The molecule has 9 heteroatoms. The number of hydrogen-bond acceptors (Lipinski definition) is 5. The first-order valence-corrected chi connectivity index (χ1v) is 11.1. The number of carbonyl (C=O) groups is 1. The first-order valence-electron chi connectivity index (χ1n) is 9.68. The maximum atomic E-state index is 11.9. The molecule has 1 aliphatic rings. The van der Waals surface area contributed by atoms with Gasteiger partial charge >= 0.3 is 0 Å². The standard InChI is InChI=1S/C20H33N5O2S.HI/c1-24(2)19(27)13-23-20(21-9-11-28-3)22-12-16-6-4-5-7-17(16)14-25-10-8-18(26)15-25;/h4-7,18,26H,8-15H2,1-3H3,(H2,21,22,23);1H. The second-order valence-electron chi connectivity index (χ2n) is 7.17. The Hall–Kier alpha value is -1.04. The van der Waals surface area contributed by atoms with Crippen molar-refractivity contribution in [1.82, 2.24) is 20.4 Å². The predicted molar refractivity (Wildman–Crippen MR) is 132 cm³/mol. The summed E-state index contributed by atoms with van der Waals surface area (Å²) in [6.45, 7) is 4.02. The minimum absolute atomic E-state index is 0. The number of guanidine groups is 1. The monoisotopic (exact) mass is 535 g/mol. The Balaban J connectivity index is 0.00000420. The lowest BCUT2D eigenvalue weighted by Gasteiger charge is -2.18. The Kier molecular flexibility index (Phi) is 12.6. The molecule has 0 aromatic heterocycles. The molecule has 1 atom stereocenters. The average molecular weight is 535 g/mol. The second kappa shape index (κ2) is 14.1. The van der Waals surface area contributed by atoms with Gasteiger partial charge in [0.2, 0.25) is 5.91 Å². The van der Waals surface area contributed by atoms with E-state index in [0.29, 0.717) is 12.5 Å². The molecule has 3 N–H and O–H groups in total. The van der Waals surface area contributed by atoms with Crippen LogP contribution >= 0.6 is 35.7 Å². The number of aliphatic hydroxyl groups is 1. The van der Waals surface area contributed by atoms with E-state index in [0.717, 1.165) is 43.9 Å². The van der Waals surface area contributed by atoms with Crippen molar-refractivity contribution in [3.63, 3.8) is 0 Å². The number of likely N-dealkylation sites (tertiary alicyclic amines) is 1. The molecular formula is C20H34IN5O2S. The summed E-state index contributed by atoms with van der Waals surface area (Å²) < 4.78 is 0. The van der Waals surface area contributed by atoms with E-state index in [1.54, 1.807) is 30.8 Å². The second-order valence-corrected chi connectivity index (χ2v) is 8.16. The number of benzene rings is 1. The van der Waals surface area contributed by atoms with Crippen LogP contribution in [0.4, 0.5) is 0 Å². The number of nitrogens with zero attached hydrogens (tertiary/aromatic N) is 3. The van der Waals surface area contributed by atoms with Crippen molar-refractivity contribution in [2.24, 2.45) is 4.99 Å². The van der Waals surface area contributed by atoms with Crippen molar-refractivity contribution in [2.45, 2.75) is 25.6 Å². The van der Waals surface area contributed by atoms with E-state index in [-0.39, 0.29) is 42.5 Å². The molecule has 29 heavy (non-hydrogen) atoms. The SMILES string of the molecule is CSCCNC(=NCc1ccccc1CN1CCC(O)C1)NCC(=O)N(C)C.I. The number of amides is 1. The molecule has 0 saturated carbocycles. The summed E-state index contributed by atoms with van der Waals surface area (Å²) in [5.41, 5.74) is 2.39. The minimum atomic E-state index is -0.212. The molecule has 1 heterocycles. The van der Waals surface area contributed by atoms with Gasteiger partial charge < -0.3 is 20.6 Å². The Labute approximate surface area is 195 Å². The summed E-state index contributed by atoms with van der Waals surface area (Å²) in [7, 11) is 3.49. The maximum absolute atomic E-state index is 11.9. The maximum Gasteiger partial charge on any atom is 0.241 e. The lowest BCUT2D eigenvalue weighted by Crippen LogP contribution is -2.43. The van der Waals surface area contributed by atoms with E-state index >= 15 is 0 Å². The first-order chi connectivity index (χ1) is 13.5. The smallest absolute Gasteiger partial charge is 0.241 e. The zero-order valence-corrected chi connectivity index (χ0v) is 20.7. The van der Waals surface area contributed by atoms with Crippen molar-refractivity contribution >= 4 is 47.6 Å². The van der Waals surface area contributed by atoms with Crippen molar-refractivity contribution in [2.75, 3.05) is 52.3 Å². The molecule has 1 aliphatic heterocycles. The fourth-order valence-corrected chi connectivity index (χ4v) is 3.30. The van der Waals surface area contributed by atoms with Crippen LogP contribution in [0.3, 0.4) is 0 Å². The van der Waals surface area contributed by atoms with Gasteiger partial charge in [0, 0.05) is 46.0 Å². The van der Waals surface area contributed by atoms with Crippen LogP contribution in [-0.4, -0.2) is 85.2 Å². The van der Waals surface area contributed by atoms with Crippen molar-refractivity contribution in [1.29, 1.82) is 0 Å². The van der Waals surface area contributed by atoms with E-state index in [1.165, 1.54) is 5.56 Å². The van der Waals surface area contributed by atoms with Gasteiger partial charge in [-0.05, 0) is 23.8 Å². The van der Waals surface area contributed by atoms with Gasteiger partial charge in [0.15, 0.2) is 5.96 Å². The van der Waals surface area contributed by atoms with Gasteiger partial charge in [-0.3, -0.25) is 9.69 Å². The van der Waals surface area contributed by atoms with Crippen LogP contribution in [0.5, 0.6) is 0 Å². The number of β-amino-alcohol motifs (C(OH)–C–C–N with tert-alkyl or cyclic N) is 1. The van der Waals surface area contributed by atoms with E-state index in [4.69, 9.17) is 4.99 Å². The molecule has 0 bridgehead atoms. The Bertz CT molecular complexity index is 660. The zero-order valence-electron chi connectivity index (χ0n) is 17.6. The highest BCUT2D eigenvalue weighted by molar-refractivity contribution is 14.0. The Morgan fingerprint density at radius 3 is 2.66 bits per heavy atom. The largest absolute Gasteiger partial charge is 0.392 e. The summed E-state index contributed by atoms with van der Waals surface area (Å²) in [5.74, 6) is 1.62. The van der Waals surface area contributed by atoms with Gasteiger partial charge in [-0.15, -0.1) is 24.0 Å². The van der Waals surface area contributed by atoms with Gasteiger partial charge in [0.25, 0.3) is 0 Å². The van der Waals surface area contributed by atoms with E-state index in [1.807, 2.05) is 12.1 Å². The lowest BCUT2D eigenvalue weighted by molar-refractivity contribution is -0.127. The number of likely N-dealkylation sites (N-methyl/N-ethyl adjacent to an activating group) is 1. The molecule has 0 spiro atoms. The first kappa shape index (κ1) is 26.0. The molecule has 1 aromatic rings. The summed E-state index contributed by atoms with van der Waals surface area (Å²) in [6, 6.07) is 8.28. The van der Waals surface area contributed by atoms with Crippen LogP contribution in [0.15, 0.2) is 29.3 Å².